The Labute approximate surface area is 222 Å². The zero-order valence-electron chi connectivity index (χ0n) is 22.4. The van der Waals surface area contributed by atoms with Gasteiger partial charge in [-0.25, -0.2) is 14.0 Å². The molecule has 2 aromatic rings. The minimum absolute atomic E-state index is 0.00938. The van der Waals surface area contributed by atoms with E-state index < -0.39 is 29.1 Å². The van der Waals surface area contributed by atoms with Crippen molar-refractivity contribution in [1.82, 2.24) is 0 Å². The van der Waals surface area contributed by atoms with Crippen molar-refractivity contribution >= 4 is 17.9 Å². The number of hydrogen-bond acceptors (Lipinski definition) is 8. The van der Waals surface area contributed by atoms with Gasteiger partial charge in [0, 0.05) is 22.8 Å². The SMILES string of the molecule is C=C(C)C(=O)OCCOc1ccc(-c2ccc(OC(=O)C(C)(C)C)c(F)c2)c(OCCOC(=O)C(=C)C)c1. The third-order valence-electron chi connectivity index (χ3n) is 4.87. The Morgan fingerprint density at radius 2 is 1.37 bits per heavy atom. The molecule has 8 nitrogen and oxygen atoms in total. The van der Waals surface area contributed by atoms with Crippen LogP contribution in [0.25, 0.3) is 11.1 Å². The summed E-state index contributed by atoms with van der Waals surface area (Å²) >= 11 is 0. The second-order valence-corrected chi connectivity index (χ2v) is 9.47. The van der Waals surface area contributed by atoms with Gasteiger partial charge in [0.25, 0.3) is 0 Å². The molecule has 0 aliphatic carbocycles. The molecule has 0 atom stereocenters. The summed E-state index contributed by atoms with van der Waals surface area (Å²) < 4.78 is 41.6. The molecule has 0 spiro atoms. The van der Waals surface area contributed by atoms with Crippen LogP contribution >= 0.6 is 0 Å². The van der Waals surface area contributed by atoms with Gasteiger partial charge in [-0.2, -0.15) is 0 Å². The molecular weight excluding hydrogens is 495 g/mol. The van der Waals surface area contributed by atoms with E-state index in [1.54, 1.807) is 52.0 Å². The Morgan fingerprint density at radius 1 is 0.789 bits per heavy atom. The Balaban J connectivity index is 2.23. The molecule has 0 radical (unpaired) electrons. The van der Waals surface area contributed by atoms with Crippen LogP contribution in [0.1, 0.15) is 34.6 Å². The van der Waals surface area contributed by atoms with Crippen LogP contribution in [0.15, 0.2) is 60.7 Å². The predicted octanol–water partition coefficient (Wildman–Crippen LogP) is 5.44. The lowest BCUT2D eigenvalue weighted by atomic mass is 9.97. The van der Waals surface area contributed by atoms with E-state index in [9.17, 15) is 18.8 Å². The number of benzene rings is 2. The van der Waals surface area contributed by atoms with Gasteiger partial charge in [-0.05, 0) is 64.4 Å². The summed E-state index contributed by atoms with van der Waals surface area (Å²) in [6.07, 6.45) is 0. The molecule has 38 heavy (non-hydrogen) atoms. The van der Waals surface area contributed by atoms with Gasteiger partial charge in [0.15, 0.2) is 11.6 Å². The molecular formula is C29H33FO8. The topological polar surface area (TPSA) is 97.4 Å². The lowest BCUT2D eigenvalue weighted by molar-refractivity contribution is -0.143. The molecule has 0 fully saturated rings. The largest absolute Gasteiger partial charge is 0.490 e. The van der Waals surface area contributed by atoms with Gasteiger partial charge >= 0.3 is 17.9 Å². The van der Waals surface area contributed by atoms with Gasteiger partial charge in [0.05, 0.1) is 5.41 Å². The summed E-state index contributed by atoms with van der Waals surface area (Å²) in [5.41, 5.74) is 0.719. The summed E-state index contributed by atoms with van der Waals surface area (Å²) in [5, 5.41) is 0. The van der Waals surface area contributed by atoms with Crippen LogP contribution in [-0.2, 0) is 23.9 Å². The van der Waals surface area contributed by atoms with Crippen LogP contribution in [-0.4, -0.2) is 44.3 Å². The summed E-state index contributed by atoms with van der Waals surface area (Å²) in [6.45, 7) is 15.2. The number of halogens is 1. The van der Waals surface area contributed by atoms with Crippen molar-refractivity contribution in [1.29, 1.82) is 0 Å². The van der Waals surface area contributed by atoms with Crippen molar-refractivity contribution in [3.8, 4) is 28.4 Å². The first-order valence-electron chi connectivity index (χ1n) is 11.9. The van der Waals surface area contributed by atoms with E-state index in [2.05, 4.69) is 13.2 Å². The van der Waals surface area contributed by atoms with E-state index in [1.807, 2.05) is 0 Å². The molecule has 0 N–H and O–H groups in total. The second kappa shape index (κ2) is 13.4. The molecule has 2 rings (SSSR count). The molecule has 0 saturated carbocycles. The summed E-state index contributed by atoms with van der Waals surface area (Å²) in [5.74, 6) is -1.80. The molecule has 204 valence electrons. The van der Waals surface area contributed by atoms with E-state index in [0.29, 0.717) is 22.6 Å². The van der Waals surface area contributed by atoms with Crippen molar-refractivity contribution in [2.24, 2.45) is 5.41 Å². The van der Waals surface area contributed by atoms with Gasteiger partial charge in [-0.1, -0.05) is 19.2 Å². The summed E-state index contributed by atoms with van der Waals surface area (Å²) in [6, 6.07) is 9.09. The molecule has 0 unspecified atom stereocenters. The molecule has 0 bridgehead atoms. The summed E-state index contributed by atoms with van der Waals surface area (Å²) in [7, 11) is 0. The minimum atomic E-state index is -0.793. The third-order valence-corrected chi connectivity index (χ3v) is 4.87. The maximum atomic E-state index is 14.8. The highest BCUT2D eigenvalue weighted by molar-refractivity contribution is 5.87. The van der Waals surface area contributed by atoms with E-state index in [-0.39, 0.29) is 43.3 Å². The monoisotopic (exact) mass is 528 g/mol. The Bertz CT molecular complexity index is 1210. The van der Waals surface area contributed by atoms with Gasteiger partial charge in [0.2, 0.25) is 0 Å². The maximum absolute atomic E-state index is 14.8. The quantitative estimate of drug-likeness (QED) is 0.156. The lowest BCUT2D eigenvalue weighted by Crippen LogP contribution is -2.25. The zero-order valence-corrected chi connectivity index (χ0v) is 22.4. The Kier molecular flexibility index (Phi) is 10.6. The van der Waals surface area contributed by atoms with Crippen molar-refractivity contribution in [2.45, 2.75) is 34.6 Å². The first-order chi connectivity index (χ1) is 17.8. The molecule has 0 amide bonds. The van der Waals surface area contributed by atoms with Crippen LogP contribution in [0.3, 0.4) is 0 Å². The van der Waals surface area contributed by atoms with Crippen LogP contribution in [0.2, 0.25) is 0 Å². The molecule has 0 aromatic heterocycles. The van der Waals surface area contributed by atoms with Crippen LogP contribution in [0.5, 0.6) is 17.2 Å². The average Bonchev–Trinajstić information content (AvgIpc) is 2.84. The van der Waals surface area contributed by atoms with Crippen LogP contribution in [0.4, 0.5) is 4.39 Å². The van der Waals surface area contributed by atoms with Gasteiger partial charge in [-0.15, -0.1) is 0 Å². The van der Waals surface area contributed by atoms with Gasteiger partial charge < -0.3 is 23.7 Å². The number of esters is 3. The first kappa shape index (κ1) is 30.1. The first-order valence-corrected chi connectivity index (χ1v) is 11.9. The second-order valence-electron chi connectivity index (χ2n) is 9.47. The molecule has 0 saturated heterocycles. The van der Waals surface area contributed by atoms with E-state index in [0.717, 1.165) is 0 Å². The van der Waals surface area contributed by atoms with Crippen LogP contribution in [0, 0.1) is 11.2 Å². The van der Waals surface area contributed by atoms with Crippen molar-refractivity contribution in [3.63, 3.8) is 0 Å². The van der Waals surface area contributed by atoms with Crippen molar-refractivity contribution in [2.75, 3.05) is 26.4 Å². The molecule has 2 aromatic carbocycles. The standard InChI is InChI=1S/C29H33FO8/c1-18(2)26(31)36-14-12-34-21-9-10-22(25(17-21)35-13-15-37-27(32)19(3)4)20-8-11-24(23(30)16-20)38-28(33)29(5,6)7/h8-11,16-17H,1,3,12-15H2,2,4-7H3. The van der Waals surface area contributed by atoms with Crippen LogP contribution < -0.4 is 14.2 Å². The van der Waals surface area contributed by atoms with Gasteiger partial charge in [-0.3, -0.25) is 4.79 Å². The zero-order chi connectivity index (χ0) is 28.5. The van der Waals surface area contributed by atoms with Gasteiger partial charge in [0.1, 0.15) is 37.9 Å². The highest BCUT2D eigenvalue weighted by atomic mass is 19.1. The normalized spacial score (nSPS) is 10.8. The molecule has 0 heterocycles. The number of carbonyl (C=O) groups is 3. The summed E-state index contributed by atoms with van der Waals surface area (Å²) in [4.78, 5) is 35.3. The molecule has 9 heteroatoms. The Hall–Kier alpha value is -4.14. The predicted molar refractivity (Wildman–Crippen MR) is 139 cm³/mol. The highest BCUT2D eigenvalue weighted by Gasteiger charge is 2.25. The average molecular weight is 529 g/mol. The lowest BCUT2D eigenvalue weighted by Gasteiger charge is -2.17. The van der Waals surface area contributed by atoms with E-state index in [1.165, 1.54) is 19.1 Å². The minimum Gasteiger partial charge on any atom is -0.490 e. The highest BCUT2D eigenvalue weighted by Crippen LogP contribution is 2.36. The fraction of sp³-hybridized carbons (Fsp3) is 0.345. The number of ether oxygens (including phenoxy) is 5. The maximum Gasteiger partial charge on any atom is 0.333 e. The smallest absolute Gasteiger partial charge is 0.333 e. The van der Waals surface area contributed by atoms with Crippen molar-refractivity contribution < 1.29 is 42.5 Å². The van der Waals surface area contributed by atoms with E-state index in [4.69, 9.17) is 23.7 Å². The fourth-order valence-corrected chi connectivity index (χ4v) is 2.78. The number of rotatable bonds is 12. The number of hydrogen-bond donors (Lipinski definition) is 0. The Morgan fingerprint density at radius 3 is 1.89 bits per heavy atom. The molecule has 0 aliphatic heterocycles. The third kappa shape index (κ3) is 9.06. The molecule has 0 aliphatic rings. The number of carbonyl (C=O) groups excluding carboxylic acids is 3. The van der Waals surface area contributed by atoms with Crippen molar-refractivity contribution in [3.05, 3.63) is 66.5 Å². The fourth-order valence-electron chi connectivity index (χ4n) is 2.78. The van der Waals surface area contributed by atoms with E-state index >= 15 is 0 Å².